The predicted octanol–water partition coefficient (Wildman–Crippen LogP) is 1.55. The van der Waals surface area contributed by atoms with E-state index in [0.717, 1.165) is 32.5 Å². The van der Waals surface area contributed by atoms with Crippen LogP contribution in [0.5, 0.6) is 0 Å². The summed E-state index contributed by atoms with van der Waals surface area (Å²) in [5, 5.41) is 3.81. The van der Waals surface area contributed by atoms with E-state index >= 15 is 0 Å². The second-order valence-corrected chi connectivity index (χ2v) is 7.49. The maximum Gasteiger partial charge on any atom is 0.240 e. The van der Waals surface area contributed by atoms with Gasteiger partial charge in [0.2, 0.25) is 11.8 Å². The van der Waals surface area contributed by atoms with E-state index in [1.807, 2.05) is 28.0 Å². The first-order chi connectivity index (χ1) is 13.7. The Labute approximate surface area is 164 Å². The number of benzene rings is 1. The normalized spacial score (nSPS) is 21.1. The van der Waals surface area contributed by atoms with Crippen LogP contribution in [0.15, 0.2) is 47.2 Å². The second-order valence-electron chi connectivity index (χ2n) is 7.49. The Kier molecular flexibility index (Phi) is 5.71. The van der Waals surface area contributed by atoms with Crippen LogP contribution in [-0.2, 0) is 22.6 Å². The van der Waals surface area contributed by atoms with Gasteiger partial charge < -0.3 is 14.3 Å². The van der Waals surface area contributed by atoms with Gasteiger partial charge in [-0.3, -0.25) is 14.5 Å². The Hall–Kier alpha value is -2.67. The summed E-state index contributed by atoms with van der Waals surface area (Å²) in [6.45, 7) is 4.27. The smallest absolute Gasteiger partial charge is 0.240 e. The fraction of sp³-hybridized carbons (Fsp3) is 0.476. The molecule has 0 spiro atoms. The summed E-state index contributed by atoms with van der Waals surface area (Å²) in [4.78, 5) is 31.5. The highest BCUT2D eigenvalue weighted by Gasteiger charge is 2.35. The molecule has 2 saturated heterocycles. The van der Waals surface area contributed by atoms with E-state index in [1.165, 1.54) is 11.8 Å². The average Bonchev–Trinajstić information content (AvgIpc) is 3.24. The number of hydrogen-bond donors (Lipinski definition) is 0. The van der Waals surface area contributed by atoms with Crippen molar-refractivity contribution in [2.45, 2.75) is 31.8 Å². The van der Waals surface area contributed by atoms with E-state index in [9.17, 15) is 9.59 Å². The first-order valence-electron chi connectivity index (χ1n) is 9.94. The second kappa shape index (κ2) is 8.56. The fourth-order valence-electron chi connectivity index (χ4n) is 4.10. The molecule has 1 atom stereocenters. The molecule has 0 aliphatic carbocycles. The van der Waals surface area contributed by atoms with Gasteiger partial charge in [0.05, 0.1) is 18.2 Å². The van der Waals surface area contributed by atoms with Crippen molar-refractivity contribution in [1.82, 2.24) is 19.9 Å². The van der Waals surface area contributed by atoms with Gasteiger partial charge in [0.15, 0.2) is 0 Å². The van der Waals surface area contributed by atoms with E-state index in [4.69, 9.17) is 4.52 Å². The lowest BCUT2D eigenvalue weighted by Crippen LogP contribution is -2.58. The maximum atomic E-state index is 13.0. The Morgan fingerprint density at radius 1 is 1.07 bits per heavy atom. The monoisotopic (exact) mass is 382 g/mol. The number of rotatable bonds is 5. The minimum absolute atomic E-state index is 0.0641. The first kappa shape index (κ1) is 18.7. The summed E-state index contributed by atoms with van der Waals surface area (Å²) in [7, 11) is 0. The summed E-state index contributed by atoms with van der Waals surface area (Å²) in [6.07, 6.45) is 3.67. The van der Waals surface area contributed by atoms with Gasteiger partial charge >= 0.3 is 0 Å². The highest BCUT2D eigenvalue weighted by atomic mass is 16.5. The summed E-state index contributed by atoms with van der Waals surface area (Å²) in [5.41, 5.74) is 1.83. The third-order valence-corrected chi connectivity index (χ3v) is 5.65. The quantitative estimate of drug-likeness (QED) is 0.785. The number of carbonyl (C=O) groups excluding carboxylic acids is 2. The van der Waals surface area contributed by atoms with Crippen LogP contribution in [0.4, 0.5) is 0 Å². The average molecular weight is 382 g/mol. The van der Waals surface area contributed by atoms with Crippen LogP contribution in [0.1, 0.15) is 24.1 Å². The van der Waals surface area contributed by atoms with Crippen molar-refractivity contribution in [1.29, 1.82) is 0 Å². The number of likely N-dealkylation sites (tertiary alicyclic amines) is 1. The maximum absolute atomic E-state index is 13.0. The zero-order chi connectivity index (χ0) is 19.3. The Morgan fingerprint density at radius 3 is 2.57 bits per heavy atom. The molecule has 2 aromatic rings. The van der Waals surface area contributed by atoms with Crippen LogP contribution >= 0.6 is 0 Å². The Bertz CT molecular complexity index is 785. The predicted molar refractivity (Wildman–Crippen MR) is 103 cm³/mol. The molecule has 148 valence electrons. The molecule has 0 N–H and O–H groups in total. The molecule has 2 aliphatic rings. The van der Waals surface area contributed by atoms with Gasteiger partial charge in [0.1, 0.15) is 6.26 Å². The van der Waals surface area contributed by atoms with Gasteiger partial charge in [-0.25, -0.2) is 0 Å². The number of nitrogens with zero attached hydrogens (tertiary/aromatic N) is 4. The van der Waals surface area contributed by atoms with E-state index < -0.39 is 0 Å². The number of carbonyl (C=O) groups is 2. The highest BCUT2D eigenvalue weighted by molar-refractivity contribution is 5.83. The topological polar surface area (TPSA) is 69.9 Å². The molecule has 1 aromatic heterocycles. The van der Waals surface area contributed by atoms with Gasteiger partial charge in [-0.15, -0.1) is 0 Å². The minimum atomic E-state index is -0.0646. The van der Waals surface area contributed by atoms with Crippen LogP contribution in [0.25, 0.3) is 0 Å². The summed E-state index contributed by atoms with van der Waals surface area (Å²) in [5.74, 6) is 0.284. The standard InChI is InChI=1S/C21H26N4O3/c26-20(15-18-8-14-28-22-18)24-12-10-23(11-13-24)19-7-4-9-25(21(19)27)16-17-5-2-1-3-6-17/h1-3,5-6,8,14,19H,4,7,9-13,15-16H2/t19-/m0/s1. The summed E-state index contributed by atoms with van der Waals surface area (Å²) < 4.78 is 4.79. The van der Waals surface area contributed by atoms with Crippen molar-refractivity contribution in [2.75, 3.05) is 32.7 Å². The molecule has 0 radical (unpaired) electrons. The van der Waals surface area contributed by atoms with Gasteiger partial charge in [-0.1, -0.05) is 35.5 Å². The molecule has 0 bridgehead atoms. The van der Waals surface area contributed by atoms with Crippen molar-refractivity contribution >= 4 is 11.8 Å². The molecule has 2 aliphatic heterocycles. The summed E-state index contributed by atoms with van der Waals surface area (Å²) >= 11 is 0. The fourth-order valence-corrected chi connectivity index (χ4v) is 4.10. The lowest BCUT2D eigenvalue weighted by molar-refractivity contribution is -0.142. The van der Waals surface area contributed by atoms with Crippen LogP contribution in [0, 0.1) is 0 Å². The van der Waals surface area contributed by atoms with Crippen molar-refractivity contribution in [3.63, 3.8) is 0 Å². The third-order valence-electron chi connectivity index (χ3n) is 5.65. The van der Waals surface area contributed by atoms with E-state index in [2.05, 4.69) is 22.2 Å². The zero-order valence-electron chi connectivity index (χ0n) is 16.0. The van der Waals surface area contributed by atoms with Crippen LogP contribution in [0.2, 0.25) is 0 Å². The molecule has 7 nitrogen and oxygen atoms in total. The van der Waals surface area contributed by atoms with Crippen molar-refractivity contribution < 1.29 is 14.1 Å². The van der Waals surface area contributed by atoms with Gasteiger partial charge in [-0.2, -0.15) is 0 Å². The van der Waals surface area contributed by atoms with E-state index in [0.29, 0.717) is 25.3 Å². The zero-order valence-corrected chi connectivity index (χ0v) is 16.0. The number of hydrogen-bond acceptors (Lipinski definition) is 5. The van der Waals surface area contributed by atoms with Gasteiger partial charge in [0.25, 0.3) is 0 Å². The van der Waals surface area contributed by atoms with Crippen molar-refractivity contribution in [2.24, 2.45) is 0 Å². The van der Waals surface area contributed by atoms with Crippen molar-refractivity contribution in [3.8, 4) is 0 Å². The summed E-state index contributed by atoms with van der Waals surface area (Å²) in [6, 6.07) is 11.8. The third kappa shape index (κ3) is 4.25. The number of aromatic nitrogens is 1. The molecule has 0 unspecified atom stereocenters. The molecular formula is C21H26N4O3. The Morgan fingerprint density at radius 2 is 1.86 bits per heavy atom. The van der Waals surface area contributed by atoms with Crippen molar-refractivity contribution in [3.05, 3.63) is 53.9 Å². The molecule has 2 fully saturated rings. The highest BCUT2D eigenvalue weighted by Crippen LogP contribution is 2.21. The van der Waals surface area contributed by atoms with Crippen LogP contribution < -0.4 is 0 Å². The first-order valence-corrected chi connectivity index (χ1v) is 9.94. The largest absolute Gasteiger partial charge is 0.364 e. The number of piperidine rings is 1. The van der Waals surface area contributed by atoms with Crippen LogP contribution in [-0.4, -0.2) is 70.4 Å². The van der Waals surface area contributed by atoms with Gasteiger partial charge in [0, 0.05) is 45.3 Å². The van der Waals surface area contributed by atoms with E-state index in [1.54, 1.807) is 6.07 Å². The molecule has 1 aromatic carbocycles. The molecule has 28 heavy (non-hydrogen) atoms. The SMILES string of the molecule is O=C(Cc1ccon1)N1CCN([C@H]2CCCN(Cc3ccccc3)C2=O)CC1. The minimum Gasteiger partial charge on any atom is -0.364 e. The molecular weight excluding hydrogens is 356 g/mol. The molecule has 0 saturated carbocycles. The van der Waals surface area contributed by atoms with E-state index in [-0.39, 0.29) is 24.3 Å². The molecule has 4 rings (SSSR count). The molecule has 3 heterocycles. The Balaban J connectivity index is 1.31. The molecule has 7 heteroatoms. The number of amides is 2. The van der Waals surface area contributed by atoms with Crippen LogP contribution in [0.3, 0.4) is 0 Å². The number of piperazine rings is 1. The lowest BCUT2D eigenvalue weighted by atomic mass is 10.0. The molecule has 2 amide bonds. The van der Waals surface area contributed by atoms with Gasteiger partial charge in [-0.05, 0) is 18.4 Å². The lowest BCUT2D eigenvalue weighted by Gasteiger charge is -2.42.